The molecule has 2 amide bonds. The smallest absolute Gasteiger partial charge is 0.308 e. The number of thiophene rings is 1. The van der Waals surface area contributed by atoms with Crippen molar-refractivity contribution in [3.63, 3.8) is 0 Å². The predicted octanol–water partition coefficient (Wildman–Crippen LogP) is 7.82. The number of β-amino-alcohol motifs (C(OH)–C–C–N with tert-alkyl or cyclic N) is 1. The third-order valence-electron chi connectivity index (χ3n) is 13.6. The fourth-order valence-electron chi connectivity index (χ4n) is 9.60. The number of thiazole rings is 1. The van der Waals surface area contributed by atoms with Crippen molar-refractivity contribution in [2.24, 2.45) is 22.2 Å². The van der Waals surface area contributed by atoms with Crippen molar-refractivity contribution >= 4 is 57.6 Å². The zero-order chi connectivity index (χ0) is 47.2. The molecule has 0 bridgehead atoms. The molecule has 5 aromatic rings. The molecule has 66 heavy (non-hydrogen) atoms. The van der Waals surface area contributed by atoms with Crippen LogP contribution in [-0.4, -0.2) is 97.9 Å². The van der Waals surface area contributed by atoms with E-state index in [1.165, 1.54) is 12.0 Å². The SMILES string of the molecule is COC(=O)C[C@@H]1N=C(c2ccc(N3CCC[C@@H](C(=O)C[C@H](C(=O)N4C[C@H](O)C[C@H]4C(=O)N[C@@H](C)c4ccc(-c5scnc5C)cc4)C(C)(C)C)C3)cc2)c2c(sc(C)c2C)-n2c(C)nnc21. The van der Waals surface area contributed by atoms with E-state index in [0.29, 0.717) is 12.4 Å². The minimum absolute atomic E-state index is 0.0219. The van der Waals surface area contributed by atoms with Gasteiger partial charge >= 0.3 is 5.97 Å². The Morgan fingerprint density at radius 3 is 2.35 bits per heavy atom. The van der Waals surface area contributed by atoms with Crippen molar-refractivity contribution in [2.45, 2.75) is 112 Å². The highest BCUT2D eigenvalue weighted by Crippen LogP contribution is 2.41. The number of benzene rings is 2. The number of carbonyl (C=O) groups is 4. The van der Waals surface area contributed by atoms with Gasteiger partial charge in [-0.2, -0.15) is 0 Å². The zero-order valence-corrected chi connectivity index (χ0v) is 40.9. The summed E-state index contributed by atoms with van der Waals surface area (Å²) in [5.41, 5.74) is 8.94. The molecule has 0 unspecified atom stereocenters. The van der Waals surface area contributed by atoms with Gasteiger partial charge in [-0.15, -0.1) is 32.9 Å². The van der Waals surface area contributed by atoms with Crippen molar-refractivity contribution in [1.29, 1.82) is 0 Å². The lowest BCUT2D eigenvalue weighted by molar-refractivity contribution is -0.147. The Bertz CT molecular complexity index is 2660. The van der Waals surface area contributed by atoms with Gasteiger partial charge in [-0.3, -0.25) is 28.7 Å². The van der Waals surface area contributed by atoms with Crippen molar-refractivity contribution in [1.82, 2.24) is 30.0 Å². The number of aryl methyl sites for hydroxylation is 3. The van der Waals surface area contributed by atoms with Gasteiger partial charge in [0.2, 0.25) is 11.8 Å². The van der Waals surface area contributed by atoms with Crippen LogP contribution >= 0.6 is 22.7 Å². The van der Waals surface area contributed by atoms with E-state index in [1.54, 1.807) is 22.7 Å². The van der Waals surface area contributed by atoms with Gasteiger partial charge in [0.1, 0.15) is 28.7 Å². The Balaban J connectivity index is 0.954. The summed E-state index contributed by atoms with van der Waals surface area (Å²) in [5, 5.41) is 23.7. The van der Waals surface area contributed by atoms with Crippen LogP contribution in [0.2, 0.25) is 0 Å². The topological polar surface area (TPSA) is 172 Å². The monoisotopic (exact) mass is 932 g/mol. The number of nitrogens with zero attached hydrogens (tertiary/aromatic N) is 7. The number of aliphatic imine (C=N–C) groups is 1. The van der Waals surface area contributed by atoms with Gasteiger partial charge in [0.05, 0.1) is 47.5 Å². The molecule has 3 aliphatic rings. The quantitative estimate of drug-likeness (QED) is 0.118. The summed E-state index contributed by atoms with van der Waals surface area (Å²) in [6.07, 6.45) is 0.883. The first kappa shape index (κ1) is 46.9. The van der Waals surface area contributed by atoms with Crippen molar-refractivity contribution in [3.8, 4) is 15.4 Å². The number of rotatable bonds is 12. The average Bonchev–Trinajstić information content (AvgIpc) is 4.07. The standard InChI is InChI=1S/C50H60N8O6S2/c1-27-30(4)66-49-43(27)44(53-39(23-42(61)64-9)46-55-54-31(5)58(46)49)33-16-18-36(19-17-33)56-20-10-11-35(24-56)41(60)22-38(50(6,7)8)48(63)57-25-37(59)21-40(57)47(62)52-28(2)32-12-14-34(15-13-32)45-29(3)51-26-65-45/h12-19,26,28,35,37-40,59H,10-11,20-25H2,1-9H3,(H,52,62)/t28-,35+,37+,38+,39-,40-/m0/s1. The lowest BCUT2D eigenvalue weighted by atomic mass is 9.75. The first-order valence-corrected chi connectivity index (χ1v) is 24.5. The Hall–Kier alpha value is -5.58. The highest BCUT2D eigenvalue weighted by atomic mass is 32.1. The molecule has 3 aliphatic heterocycles. The number of hydrogen-bond acceptors (Lipinski definition) is 13. The molecule has 2 N–H and O–H groups in total. The molecule has 8 rings (SSSR count). The molecular weight excluding hydrogens is 873 g/mol. The molecule has 2 saturated heterocycles. The molecule has 16 heteroatoms. The van der Waals surface area contributed by atoms with E-state index < -0.39 is 29.5 Å². The number of aliphatic hydroxyl groups is 1. The van der Waals surface area contributed by atoms with Crippen LogP contribution in [0.1, 0.15) is 116 Å². The maximum Gasteiger partial charge on any atom is 0.308 e. The molecular formula is C50H60N8O6S2. The Morgan fingerprint density at radius 1 is 0.970 bits per heavy atom. The summed E-state index contributed by atoms with van der Waals surface area (Å²) < 4.78 is 7.07. The second-order valence-corrected chi connectivity index (χ2v) is 21.2. The fourth-order valence-corrected chi connectivity index (χ4v) is 11.6. The number of likely N-dealkylation sites (tertiary alicyclic amines) is 1. The van der Waals surface area contributed by atoms with Gasteiger partial charge in [-0.25, -0.2) is 4.98 Å². The summed E-state index contributed by atoms with van der Waals surface area (Å²) in [6, 6.07) is 14.5. The van der Waals surface area contributed by atoms with Gasteiger partial charge in [-0.05, 0) is 81.7 Å². The predicted molar refractivity (Wildman–Crippen MR) is 257 cm³/mol. The number of hydrogen-bond donors (Lipinski definition) is 2. The summed E-state index contributed by atoms with van der Waals surface area (Å²) in [5.74, 6) is -0.615. The molecule has 2 aromatic carbocycles. The number of Topliss-reactive ketones (excluding diaryl/α,β-unsaturated/α-hetero) is 1. The second-order valence-electron chi connectivity index (χ2n) is 19.1. The van der Waals surface area contributed by atoms with Gasteiger partial charge < -0.3 is 25.0 Å². The maximum atomic E-state index is 14.6. The molecule has 6 atom stereocenters. The summed E-state index contributed by atoms with van der Waals surface area (Å²) in [4.78, 5) is 70.9. The summed E-state index contributed by atoms with van der Waals surface area (Å²) >= 11 is 3.24. The van der Waals surface area contributed by atoms with Crippen molar-refractivity contribution in [3.05, 3.63) is 98.5 Å². The number of carbonyl (C=O) groups excluding carboxylic acids is 4. The number of ketones is 1. The number of aliphatic hydroxyl groups excluding tert-OH is 1. The number of nitrogens with one attached hydrogen (secondary N) is 1. The minimum atomic E-state index is -0.854. The summed E-state index contributed by atoms with van der Waals surface area (Å²) in [6.45, 7) is 17.2. The third kappa shape index (κ3) is 9.36. The number of methoxy groups -OCH3 is 1. The molecule has 6 heterocycles. The lowest BCUT2D eigenvalue weighted by Gasteiger charge is -2.37. The van der Waals surface area contributed by atoms with E-state index in [-0.39, 0.29) is 61.3 Å². The largest absolute Gasteiger partial charge is 0.469 e. The Morgan fingerprint density at radius 2 is 1.68 bits per heavy atom. The molecule has 348 valence electrons. The van der Waals surface area contributed by atoms with Crippen molar-refractivity contribution < 1.29 is 29.0 Å². The zero-order valence-electron chi connectivity index (χ0n) is 39.3. The van der Waals surface area contributed by atoms with E-state index in [9.17, 15) is 24.3 Å². The number of fused-ring (bicyclic) bond motifs is 3. The molecule has 0 spiro atoms. The number of esters is 1. The second kappa shape index (κ2) is 19.0. The normalized spacial score (nSPS) is 20.5. The van der Waals surface area contributed by atoms with E-state index >= 15 is 0 Å². The molecule has 3 aromatic heterocycles. The van der Waals surface area contributed by atoms with Crippen LogP contribution < -0.4 is 10.2 Å². The maximum absolute atomic E-state index is 14.6. The third-order valence-corrected chi connectivity index (χ3v) is 15.8. The highest BCUT2D eigenvalue weighted by Gasteiger charge is 2.45. The van der Waals surface area contributed by atoms with Crippen LogP contribution in [0.4, 0.5) is 5.69 Å². The first-order chi connectivity index (χ1) is 31.4. The Kier molecular flexibility index (Phi) is 13.5. The van der Waals surface area contributed by atoms with Gasteiger partial charge in [-0.1, -0.05) is 57.2 Å². The molecule has 0 aliphatic carbocycles. The van der Waals surface area contributed by atoms with Crippen LogP contribution in [0.25, 0.3) is 15.4 Å². The number of aromatic nitrogens is 4. The lowest BCUT2D eigenvalue weighted by Crippen LogP contribution is -2.51. The van der Waals surface area contributed by atoms with Gasteiger partial charge in [0, 0.05) is 66.0 Å². The van der Waals surface area contributed by atoms with E-state index in [1.807, 2.05) is 75.9 Å². The van der Waals surface area contributed by atoms with Crippen LogP contribution in [-0.2, 0) is 23.9 Å². The van der Waals surface area contributed by atoms with Crippen molar-refractivity contribution in [2.75, 3.05) is 31.6 Å². The van der Waals surface area contributed by atoms with E-state index in [4.69, 9.17) is 9.73 Å². The molecule has 0 saturated carbocycles. The van der Waals surface area contributed by atoms with E-state index in [0.717, 1.165) is 84.9 Å². The highest BCUT2D eigenvalue weighted by molar-refractivity contribution is 7.15. The number of piperidine rings is 1. The van der Waals surface area contributed by atoms with Crippen LogP contribution in [0, 0.1) is 44.9 Å². The number of ether oxygens (including phenoxy) is 1. The molecule has 2 fully saturated rings. The van der Waals surface area contributed by atoms with Crippen LogP contribution in [0.15, 0.2) is 59.0 Å². The van der Waals surface area contributed by atoms with Crippen LogP contribution in [0.3, 0.4) is 0 Å². The van der Waals surface area contributed by atoms with Crippen LogP contribution in [0.5, 0.6) is 0 Å². The minimum Gasteiger partial charge on any atom is -0.469 e. The average molecular weight is 933 g/mol. The molecule has 0 radical (unpaired) electrons. The summed E-state index contributed by atoms with van der Waals surface area (Å²) in [7, 11) is 1.37. The fraction of sp³-hybridized carbons (Fsp3) is 0.480. The van der Waals surface area contributed by atoms with Gasteiger partial charge in [0.25, 0.3) is 0 Å². The molecule has 14 nitrogen and oxygen atoms in total. The van der Waals surface area contributed by atoms with E-state index in [2.05, 4.69) is 63.5 Å². The number of amides is 2. The number of anilines is 1. The Labute approximate surface area is 394 Å². The van der Waals surface area contributed by atoms with Gasteiger partial charge in [0.15, 0.2) is 5.82 Å². The first-order valence-electron chi connectivity index (χ1n) is 22.8.